The summed E-state index contributed by atoms with van der Waals surface area (Å²) in [6.07, 6.45) is 0. The summed E-state index contributed by atoms with van der Waals surface area (Å²) in [6, 6.07) is 0. The molecule has 0 heterocycles. The second kappa shape index (κ2) is 4.38. The maximum Gasteiger partial charge on any atom is 0.0486 e. The van der Waals surface area contributed by atoms with Gasteiger partial charge in [-0.1, -0.05) is 22.6 Å². The predicted molar refractivity (Wildman–Crippen MR) is 49.9 cm³/mol. The minimum atomic E-state index is 0.975. The normalized spacial score (nSPS) is 14.5. The molecule has 1 nitrogen and oxygen atoms in total. The van der Waals surface area contributed by atoms with E-state index in [0.717, 1.165) is 5.71 Å². The highest BCUT2D eigenvalue weighted by Gasteiger charge is 1.88. The zero-order chi connectivity index (χ0) is 6.57. The van der Waals surface area contributed by atoms with Crippen molar-refractivity contribution >= 4 is 41.1 Å². The van der Waals surface area contributed by atoms with Crippen LogP contribution in [0.1, 0.15) is 13.8 Å². The first-order valence-corrected chi connectivity index (χ1v) is 3.83. The summed E-state index contributed by atoms with van der Waals surface area (Å²) in [7, 11) is 0. The van der Waals surface area contributed by atoms with E-state index >= 15 is 0 Å². The van der Waals surface area contributed by atoms with E-state index in [2.05, 4.69) is 39.8 Å². The van der Waals surface area contributed by atoms with Gasteiger partial charge in [0.15, 0.2) is 0 Å². The molecule has 0 aromatic heterocycles. The van der Waals surface area contributed by atoms with Gasteiger partial charge in [-0.2, -0.15) is 0 Å². The van der Waals surface area contributed by atoms with Gasteiger partial charge in [-0.05, 0) is 36.3 Å². The van der Waals surface area contributed by atoms with E-state index in [4.69, 9.17) is 0 Å². The molecule has 0 aliphatic heterocycles. The van der Waals surface area contributed by atoms with Crippen molar-refractivity contribution in [1.82, 2.24) is 0 Å². The second-order valence-corrected chi connectivity index (χ2v) is 2.30. The molecule has 46 valence electrons. The number of hydrogen-bond donors (Lipinski definition) is 1. The lowest BCUT2D eigenvalue weighted by molar-refractivity contribution is 1.57. The first-order valence-electron chi connectivity index (χ1n) is 2.18. The van der Waals surface area contributed by atoms with Crippen LogP contribution in [0.15, 0.2) is 14.1 Å². The minimum Gasteiger partial charge on any atom is -0.224 e. The van der Waals surface area contributed by atoms with E-state index < -0.39 is 0 Å². The average molecular weight is 241 g/mol. The zero-order valence-corrected chi connectivity index (χ0v) is 7.90. The largest absolute Gasteiger partial charge is 0.224 e. The third-order valence-corrected chi connectivity index (χ3v) is 2.12. The van der Waals surface area contributed by atoms with Crippen LogP contribution in [0.2, 0.25) is 0 Å². The Bertz CT molecular complexity index is 112. The Balaban J connectivity index is 4.04. The molecule has 8 heavy (non-hydrogen) atoms. The highest BCUT2D eigenvalue weighted by Crippen LogP contribution is 2.01. The number of halogens is 1. The number of nitrogens with zero attached hydrogens (tertiary/aromatic N) is 1. The molecule has 0 radical (unpaired) electrons. The Hall–Kier alpha value is 0.490. The Kier molecular flexibility index (Phi) is 4.64. The molecule has 0 unspecified atom stereocenters. The van der Waals surface area contributed by atoms with Crippen molar-refractivity contribution in [2.75, 3.05) is 0 Å². The summed E-state index contributed by atoms with van der Waals surface area (Å²) < 4.78 is 5.68. The van der Waals surface area contributed by atoms with Crippen LogP contribution in [0.4, 0.5) is 0 Å². The summed E-state index contributed by atoms with van der Waals surface area (Å²) in [6.45, 7) is 3.93. The maximum absolute atomic E-state index is 3.75. The van der Waals surface area contributed by atoms with Crippen LogP contribution in [0, 0.1) is 0 Å². The van der Waals surface area contributed by atoms with Crippen LogP contribution in [-0.4, -0.2) is 5.71 Å². The average Bonchev–Trinajstić information content (AvgIpc) is 1.84. The monoisotopic (exact) mass is 241 g/mol. The van der Waals surface area contributed by atoms with Crippen molar-refractivity contribution in [3.63, 3.8) is 0 Å². The summed E-state index contributed by atoms with van der Waals surface area (Å²) in [5.74, 6) is 0. The van der Waals surface area contributed by atoms with Gasteiger partial charge in [0.05, 0.1) is 0 Å². The van der Waals surface area contributed by atoms with Crippen LogP contribution in [-0.2, 0) is 0 Å². The van der Waals surface area contributed by atoms with Gasteiger partial charge in [-0.25, -0.2) is 4.40 Å². The quantitative estimate of drug-likeness (QED) is 0.411. The van der Waals surface area contributed by atoms with Crippen LogP contribution >= 0.6 is 35.4 Å². The predicted octanol–water partition coefficient (Wildman–Crippen LogP) is 2.63. The Morgan fingerprint density at radius 2 is 2.12 bits per heavy atom. The first kappa shape index (κ1) is 8.49. The first-order chi connectivity index (χ1) is 3.72. The summed E-state index contributed by atoms with van der Waals surface area (Å²) in [5, 5.41) is 0. The van der Waals surface area contributed by atoms with Crippen molar-refractivity contribution in [2.24, 2.45) is 4.40 Å². The van der Waals surface area contributed by atoms with Gasteiger partial charge in [0.1, 0.15) is 0 Å². The number of thiol groups is 1. The van der Waals surface area contributed by atoms with Crippen LogP contribution in [0.5, 0.6) is 0 Å². The summed E-state index contributed by atoms with van der Waals surface area (Å²) in [5.41, 5.74) is 2.14. The highest BCUT2D eigenvalue weighted by molar-refractivity contribution is 14.1. The Morgan fingerprint density at radius 1 is 1.62 bits per heavy atom. The smallest absolute Gasteiger partial charge is 0.0486 e. The fourth-order valence-electron chi connectivity index (χ4n) is 0.158. The third-order valence-electron chi connectivity index (χ3n) is 0.884. The molecule has 0 saturated heterocycles. The maximum atomic E-state index is 3.75. The summed E-state index contributed by atoms with van der Waals surface area (Å²) >= 11 is 5.93. The molecule has 0 N–H and O–H groups in total. The molecule has 0 aromatic carbocycles. The number of allylic oxidation sites excluding steroid dienone is 1. The fraction of sp³-hybridized carbons (Fsp3) is 0.400. The molecule has 0 atom stereocenters. The van der Waals surface area contributed by atoms with Crippen LogP contribution < -0.4 is 0 Å². The summed E-state index contributed by atoms with van der Waals surface area (Å²) in [4.78, 5) is 0. The van der Waals surface area contributed by atoms with Gasteiger partial charge in [0, 0.05) is 5.71 Å². The van der Waals surface area contributed by atoms with Crippen LogP contribution in [0.25, 0.3) is 0 Å². The van der Waals surface area contributed by atoms with Crippen LogP contribution in [0.3, 0.4) is 0 Å². The van der Waals surface area contributed by atoms with Gasteiger partial charge < -0.3 is 0 Å². The Morgan fingerprint density at radius 3 is 2.25 bits per heavy atom. The molecule has 0 aliphatic rings. The fourth-order valence-corrected chi connectivity index (χ4v) is 0.766. The van der Waals surface area contributed by atoms with Gasteiger partial charge in [0.2, 0.25) is 0 Å². The van der Waals surface area contributed by atoms with E-state index in [0.29, 0.717) is 0 Å². The number of rotatable bonds is 1. The topological polar surface area (TPSA) is 12.4 Å². The Labute approximate surface area is 69.0 Å². The van der Waals surface area contributed by atoms with E-state index in [9.17, 15) is 0 Å². The van der Waals surface area contributed by atoms with Gasteiger partial charge >= 0.3 is 0 Å². The van der Waals surface area contributed by atoms with Gasteiger partial charge in [-0.15, -0.1) is 0 Å². The molecule has 0 spiro atoms. The van der Waals surface area contributed by atoms with Gasteiger partial charge in [-0.3, -0.25) is 0 Å². The van der Waals surface area contributed by atoms with Crippen molar-refractivity contribution in [1.29, 1.82) is 0 Å². The van der Waals surface area contributed by atoms with Crippen molar-refractivity contribution in [3.8, 4) is 0 Å². The van der Waals surface area contributed by atoms with Crippen molar-refractivity contribution in [3.05, 3.63) is 9.66 Å². The molecular weight excluding hydrogens is 233 g/mol. The molecule has 0 amide bonds. The molecular formula is C5H8INS. The lowest BCUT2D eigenvalue weighted by Crippen LogP contribution is -1.88. The lowest BCUT2D eigenvalue weighted by atomic mass is 10.2. The molecule has 0 bridgehead atoms. The zero-order valence-electron chi connectivity index (χ0n) is 4.85. The highest BCUT2D eigenvalue weighted by atomic mass is 127. The molecule has 0 saturated carbocycles. The van der Waals surface area contributed by atoms with E-state index in [1.54, 1.807) is 0 Å². The van der Waals surface area contributed by atoms with E-state index in [1.807, 2.05) is 17.9 Å². The standard InChI is InChI=1S/C5H8INS/c1-4(3-6)5(2)7-8/h3,8H,1-2H3/b4-3-,7-5-. The molecule has 3 heteroatoms. The molecule has 0 aliphatic carbocycles. The second-order valence-electron chi connectivity index (χ2n) is 1.48. The third kappa shape index (κ3) is 2.71. The SMILES string of the molecule is CC(=C/I)/C(C)=N\S. The number of hydrogen-bond acceptors (Lipinski definition) is 2. The minimum absolute atomic E-state index is 0.975. The van der Waals surface area contributed by atoms with E-state index in [-0.39, 0.29) is 0 Å². The van der Waals surface area contributed by atoms with Gasteiger partial charge in [0.25, 0.3) is 0 Å². The lowest BCUT2D eigenvalue weighted by Gasteiger charge is -1.92. The molecule has 0 fully saturated rings. The molecule has 0 rings (SSSR count). The van der Waals surface area contributed by atoms with E-state index in [1.165, 1.54) is 5.57 Å². The van der Waals surface area contributed by atoms with Crippen molar-refractivity contribution in [2.45, 2.75) is 13.8 Å². The molecule has 0 aromatic rings. The van der Waals surface area contributed by atoms with Crippen molar-refractivity contribution < 1.29 is 0 Å².